The molecule has 30 heavy (non-hydrogen) atoms. The number of carbonyl (C=O) groups is 3. The van der Waals surface area contributed by atoms with Crippen molar-refractivity contribution in [3.63, 3.8) is 0 Å². The molecule has 0 spiro atoms. The molecule has 2 fully saturated rings. The number of hydrogen-bond donors (Lipinski definition) is 2. The highest BCUT2D eigenvalue weighted by molar-refractivity contribution is 5.90. The number of benzene rings is 1. The fourth-order valence-electron chi connectivity index (χ4n) is 3.47. The van der Waals surface area contributed by atoms with Crippen LogP contribution in [-0.4, -0.2) is 50.2 Å². The largest absolute Gasteiger partial charge is 0.442 e. The van der Waals surface area contributed by atoms with Crippen LogP contribution < -0.4 is 20.4 Å². The Hall–Kier alpha value is -3.61. The molecule has 1 atom stereocenters. The number of nitrogens with zero attached hydrogens (tertiary/aromatic N) is 3. The first kappa shape index (κ1) is 21.1. The summed E-state index contributed by atoms with van der Waals surface area (Å²) in [7, 11) is 0. The van der Waals surface area contributed by atoms with Crippen molar-refractivity contribution in [2.75, 3.05) is 36.0 Å². The number of cyclic esters (lactones) is 1. The number of anilines is 2. The molecule has 0 unspecified atom stereocenters. The van der Waals surface area contributed by atoms with Crippen molar-refractivity contribution >= 4 is 29.3 Å². The molecule has 2 aliphatic heterocycles. The van der Waals surface area contributed by atoms with E-state index in [4.69, 9.17) is 10.00 Å². The minimum absolute atomic E-state index is 0.203. The third-order valence-corrected chi connectivity index (χ3v) is 4.96. The molecule has 158 valence electrons. The van der Waals surface area contributed by atoms with Crippen LogP contribution in [0.5, 0.6) is 0 Å². The van der Waals surface area contributed by atoms with Crippen molar-refractivity contribution in [2.45, 2.75) is 25.9 Å². The van der Waals surface area contributed by atoms with E-state index in [1.807, 2.05) is 4.90 Å². The van der Waals surface area contributed by atoms with Gasteiger partial charge in [0.15, 0.2) is 6.19 Å². The zero-order chi connectivity index (χ0) is 21.7. The van der Waals surface area contributed by atoms with Gasteiger partial charge in [-0.1, -0.05) is 5.57 Å². The molecule has 1 aromatic carbocycles. The Kier molecular flexibility index (Phi) is 6.51. The van der Waals surface area contributed by atoms with Gasteiger partial charge in [-0.3, -0.25) is 19.8 Å². The SMILES string of the molecule is CC(=O)NC[C@H]1CN(c2ccc(N3CCC(=CC(=O)NC#N)CC3)c(F)c2)C(=O)O1. The Bertz CT molecular complexity index is 916. The summed E-state index contributed by atoms with van der Waals surface area (Å²) in [4.78, 5) is 37.8. The van der Waals surface area contributed by atoms with Crippen LogP contribution >= 0.6 is 0 Å². The van der Waals surface area contributed by atoms with E-state index in [0.29, 0.717) is 37.3 Å². The summed E-state index contributed by atoms with van der Waals surface area (Å²) < 4.78 is 20.0. The fraction of sp³-hybridized carbons (Fsp3) is 0.400. The normalized spacial score (nSPS) is 18.5. The second-order valence-corrected chi connectivity index (χ2v) is 7.08. The first-order valence-electron chi connectivity index (χ1n) is 9.53. The molecule has 2 saturated heterocycles. The van der Waals surface area contributed by atoms with E-state index in [0.717, 1.165) is 5.57 Å². The minimum atomic E-state index is -0.583. The second kappa shape index (κ2) is 9.26. The number of nitriles is 1. The van der Waals surface area contributed by atoms with E-state index in [9.17, 15) is 18.8 Å². The summed E-state index contributed by atoms with van der Waals surface area (Å²) in [5.41, 5.74) is 1.71. The van der Waals surface area contributed by atoms with Gasteiger partial charge in [0, 0.05) is 26.1 Å². The van der Waals surface area contributed by atoms with Crippen LogP contribution in [0.1, 0.15) is 19.8 Å². The van der Waals surface area contributed by atoms with Gasteiger partial charge in [0.2, 0.25) is 5.91 Å². The number of ether oxygens (including phenoxy) is 1. The highest BCUT2D eigenvalue weighted by Gasteiger charge is 2.33. The predicted molar refractivity (Wildman–Crippen MR) is 106 cm³/mol. The Morgan fingerprint density at radius 3 is 2.73 bits per heavy atom. The van der Waals surface area contributed by atoms with E-state index in [-0.39, 0.29) is 19.0 Å². The summed E-state index contributed by atoms with van der Waals surface area (Å²) in [5.74, 6) is -1.13. The third kappa shape index (κ3) is 5.05. The van der Waals surface area contributed by atoms with Crippen LogP contribution in [0, 0.1) is 17.3 Å². The molecule has 0 saturated carbocycles. The molecular formula is C20H22FN5O4. The number of hydrogen-bond acceptors (Lipinski definition) is 6. The molecule has 0 aromatic heterocycles. The van der Waals surface area contributed by atoms with Crippen LogP contribution in [0.3, 0.4) is 0 Å². The first-order chi connectivity index (χ1) is 14.4. The lowest BCUT2D eigenvalue weighted by Gasteiger charge is -2.31. The van der Waals surface area contributed by atoms with Crippen LogP contribution in [0.4, 0.5) is 20.6 Å². The quantitative estimate of drug-likeness (QED) is 0.427. The standard InChI is InChI=1S/C20H22FN5O4/c1-13(27)23-10-16-11-26(20(29)30-16)15-2-3-18(17(21)9-15)25-6-4-14(5-7-25)8-19(28)24-12-22/h2-3,8-9,16H,4-7,10-11H2,1H3,(H,23,27)(H,24,28)/t16-/m0/s1. The topological polar surface area (TPSA) is 115 Å². The van der Waals surface area contributed by atoms with Crippen LogP contribution in [0.15, 0.2) is 29.8 Å². The van der Waals surface area contributed by atoms with Crippen LogP contribution in [0.25, 0.3) is 0 Å². The number of carbonyl (C=O) groups excluding carboxylic acids is 3. The van der Waals surface area contributed by atoms with E-state index < -0.39 is 23.9 Å². The summed E-state index contributed by atoms with van der Waals surface area (Å²) in [5, 5.41) is 13.1. The molecule has 2 aliphatic rings. The van der Waals surface area contributed by atoms with Crippen molar-refractivity contribution in [1.29, 1.82) is 5.26 Å². The van der Waals surface area contributed by atoms with E-state index >= 15 is 0 Å². The van der Waals surface area contributed by atoms with Crippen molar-refractivity contribution in [1.82, 2.24) is 10.6 Å². The second-order valence-electron chi connectivity index (χ2n) is 7.08. The Morgan fingerprint density at radius 2 is 2.10 bits per heavy atom. The van der Waals surface area contributed by atoms with Gasteiger partial charge in [-0.25, -0.2) is 9.18 Å². The van der Waals surface area contributed by atoms with Gasteiger partial charge < -0.3 is 15.0 Å². The fourth-order valence-corrected chi connectivity index (χ4v) is 3.47. The minimum Gasteiger partial charge on any atom is -0.442 e. The van der Waals surface area contributed by atoms with Crippen molar-refractivity contribution in [3.8, 4) is 6.19 Å². The molecule has 3 amide bonds. The molecular weight excluding hydrogens is 393 g/mol. The van der Waals surface area contributed by atoms with Crippen molar-refractivity contribution in [2.24, 2.45) is 0 Å². The highest BCUT2D eigenvalue weighted by atomic mass is 19.1. The molecule has 0 bridgehead atoms. The average molecular weight is 415 g/mol. The number of rotatable bonds is 5. The summed E-state index contributed by atoms with van der Waals surface area (Å²) >= 11 is 0. The predicted octanol–water partition coefficient (Wildman–Crippen LogP) is 1.41. The Morgan fingerprint density at radius 1 is 1.37 bits per heavy atom. The summed E-state index contributed by atoms with van der Waals surface area (Å²) in [6.07, 6.45) is 3.10. The zero-order valence-electron chi connectivity index (χ0n) is 16.5. The molecule has 1 aromatic rings. The lowest BCUT2D eigenvalue weighted by Crippen LogP contribution is -2.33. The Labute approximate surface area is 173 Å². The van der Waals surface area contributed by atoms with E-state index in [1.165, 1.54) is 24.0 Å². The monoisotopic (exact) mass is 415 g/mol. The maximum Gasteiger partial charge on any atom is 0.414 e. The van der Waals surface area contributed by atoms with Crippen molar-refractivity contribution in [3.05, 3.63) is 35.7 Å². The van der Waals surface area contributed by atoms with Crippen LogP contribution in [-0.2, 0) is 14.3 Å². The maximum absolute atomic E-state index is 14.8. The van der Waals surface area contributed by atoms with E-state index in [2.05, 4.69) is 10.6 Å². The number of amides is 3. The number of piperidine rings is 1. The van der Waals surface area contributed by atoms with E-state index in [1.54, 1.807) is 18.3 Å². The van der Waals surface area contributed by atoms with Gasteiger partial charge in [-0.2, -0.15) is 5.26 Å². The number of halogens is 1. The van der Waals surface area contributed by atoms with Gasteiger partial charge in [0.05, 0.1) is 24.5 Å². The first-order valence-corrected chi connectivity index (χ1v) is 9.53. The van der Waals surface area contributed by atoms with Gasteiger partial charge in [0.25, 0.3) is 5.91 Å². The van der Waals surface area contributed by atoms with Gasteiger partial charge >= 0.3 is 6.09 Å². The molecule has 9 nitrogen and oxygen atoms in total. The third-order valence-electron chi connectivity index (χ3n) is 4.96. The molecule has 2 heterocycles. The lowest BCUT2D eigenvalue weighted by molar-refractivity contribution is -0.119. The molecule has 10 heteroatoms. The van der Waals surface area contributed by atoms with Gasteiger partial charge in [0.1, 0.15) is 11.9 Å². The van der Waals surface area contributed by atoms with Crippen molar-refractivity contribution < 1.29 is 23.5 Å². The highest BCUT2D eigenvalue weighted by Crippen LogP contribution is 2.30. The molecule has 2 N–H and O–H groups in total. The molecule has 0 aliphatic carbocycles. The smallest absolute Gasteiger partial charge is 0.414 e. The lowest BCUT2D eigenvalue weighted by atomic mass is 10.0. The van der Waals surface area contributed by atoms with Gasteiger partial charge in [-0.15, -0.1) is 0 Å². The summed E-state index contributed by atoms with van der Waals surface area (Å²) in [6.45, 7) is 2.87. The molecule has 0 radical (unpaired) electrons. The van der Waals surface area contributed by atoms with Gasteiger partial charge in [-0.05, 0) is 31.0 Å². The Balaban J connectivity index is 1.62. The van der Waals surface area contributed by atoms with Crippen LogP contribution in [0.2, 0.25) is 0 Å². The average Bonchev–Trinajstić information content (AvgIpc) is 3.08. The zero-order valence-corrected chi connectivity index (χ0v) is 16.5. The molecule has 3 rings (SSSR count). The maximum atomic E-state index is 14.8. The number of nitrogens with one attached hydrogen (secondary N) is 2. The summed E-state index contributed by atoms with van der Waals surface area (Å²) in [6, 6.07) is 4.57.